The van der Waals surface area contributed by atoms with Crippen LogP contribution in [0, 0.1) is 18.3 Å². The highest BCUT2D eigenvalue weighted by atomic mass is 16.5. The first-order chi connectivity index (χ1) is 15.0. The summed E-state index contributed by atoms with van der Waals surface area (Å²) in [4.78, 5) is 13.7. The van der Waals surface area contributed by atoms with Gasteiger partial charge in [-0.25, -0.2) is 0 Å². The minimum atomic E-state index is -0.783. The Hall–Kier alpha value is -4.12. The van der Waals surface area contributed by atoms with Crippen LogP contribution < -0.4 is 25.5 Å². The average molecular weight is 419 g/mol. The molecule has 1 unspecified atom stereocenters. The molecule has 31 heavy (non-hydrogen) atoms. The second kappa shape index (κ2) is 7.95. The molecule has 0 radical (unpaired) electrons. The van der Waals surface area contributed by atoms with Gasteiger partial charge in [0.05, 0.1) is 38.5 Å². The quantitative estimate of drug-likeness (QED) is 0.676. The summed E-state index contributed by atoms with van der Waals surface area (Å²) in [6.45, 7) is 2.04. The zero-order chi connectivity index (χ0) is 22.1. The number of nitrogens with two attached hydrogens (primary N) is 1. The number of nitrogens with zero attached hydrogens (tertiary/aromatic N) is 2. The first-order valence-electron chi connectivity index (χ1n) is 9.55. The van der Waals surface area contributed by atoms with Gasteiger partial charge in [-0.1, -0.05) is 12.1 Å². The van der Waals surface area contributed by atoms with Gasteiger partial charge < -0.3 is 28.9 Å². The number of nitriles is 1. The number of rotatable bonds is 5. The fraction of sp³-hybridized carbons (Fsp3) is 0.217. The minimum Gasteiger partial charge on any atom is -0.493 e. The topological polar surface area (TPSA) is 113 Å². The summed E-state index contributed by atoms with van der Waals surface area (Å²) < 4.78 is 23.7. The largest absolute Gasteiger partial charge is 0.493 e. The number of aryl methyl sites for hydroxylation is 1. The highest BCUT2D eigenvalue weighted by molar-refractivity contribution is 5.60. The molecule has 3 aromatic rings. The lowest BCUT2D eigenvalue weighted by atomic mass is 9.83. The molecule has 0 saturated carbocycles. The van der Waals surface area contributed by atoms with E-state index in [1.165, 1.54) is 14.2 Å². The molecule has 1 aromatic carbocycles. The van der Waals surface area contributed by atoms with Gasteiger partial charge in [0.1, 0.15) is 23.2 Å². The van der Waals surface area contributed by atoms with Gasteiger partial charge in [0.2, 0.25) is 5.88 Å². The first kappa shape index (κ1) is 20.2. The molecule has 0 fully saturated rings. The van der Waals surface area contributed by atoms with Crippen molar-refractivity contribution in [2.24, 2.45) is 5.73 Å². The number of aromatic nitrogens is 1. The minimum absolute atomic E-state index is 0.0487. The van der Waals surface area contributed by atoms with Gasteiger partial charge in [0, 0.05) is 17.3 Å². The van der Waals surface area contributed by atoms with Crippen molar-refractivity contribution in [3.05, 3.63) is 87.1 Å². The summed E-state index contributed by atoms with van der Waals surface area (Å²) in [6.07, 6.45) is 1.55. The van der Waals surface area contributed by atoms with Crippen molar-refractivity contribution in [2.45, 2.75) is 19.4 Å². The molecule has 3 heterocycles. The Labute approximate surface area is 178 Å². The number of fused-ring (bicyclic) bond motifs is 1. The van der Waals surface area contributed by atoms with Crippen LogP contribution in [0.1, 0.15) is 28.5 Å². The number of hydrogen-bond acceptors (Lipinski definition) is 7. The van der Waals surface area contributed by atoms with Crippen molar-refractivity contribution in [3.8, 4) is 23.3 Å². The summed E-state index contributed by atoms with van der Waals surface area (Å²) in [6, 6.07) is 12.7. The van der Waals surface area contributed by atoms with Gasteiger partial charge in [-0.15, -0.1) is 0 Å². The second-order valence-corrected chi connectivity index (χ2v) is 7.04. The highest BCUT2D eigenvalue weighted by Gasteiger charge is 2.36. The van der Waals surface area contributed by atoms with Gasteiger partial charge in [-0.2, -0.15) is 5.26 Å². The Kier molecular flexibility index (Phi) is 5.17. The number of ether oxygens (including phenoxy) is 3. The fourth-order valence-electron chi connectivity index (χ4n) is 3.89. The lowest BCUT2D eigenvalue weighted by Crippen LogP contribution is -2.33. The molecule has 0 aliphatic carbocycles. The van der Waals surface area contributed by atoms with Crippen molar-refractivity contribution in [3.63, 3.8) is 0 Å². The molecular weight excluding hydrogens is 398 g/mol. The number of para-hydroxylation sites is 1. The van der Waals surface area contributed by atoms with E-state index in [1.807, 2.05) is 0 Å². The summed E-state index contributed by atoms with van der Waals surface area (Å²) >= 11 is 0. The van der Waals surface area contributed by atoms with E-state index in [1.54, 1.807) is 54.2 Å². The van der Waals surface area contributed by atoms with Crippen molar-refractivity contribution in [1.29, 1.82) is 5.26 Å². The molecule has 0 saturated heterocycles. The van der Waals surface area contributed by atoms with Crippen LogP contribution in [-0.4, -0.2) is 18.8 Å². The normalized spacial score (nSPS) is 15.1. The van der Waals surface area contributed by atoms with Crippen LogP contribution in [0.15, 0.2) is 63.3 Å². The summed E-state index contributed by atoms with van der Waals surface area (Å²) in [5.74, 6) is 1.01. The number of furan rings is 1. The van der Waals surface area contributed by atoms with E-state index in [4.69, 9.17) is 24.4 Å². The molecular formula is C23H21N3O5. The number of benzene rings is 1. The Morgan fingerprint density at radius 2 is 2.03 bits per heavy atom. The number of allylic oxidation sites excluding steroid dienone is 1. The van der Waals surface area contributed by atoms with E-state index >= 15 is 0 Å². The van der Waals surface area contributed by atoms with Gasteiger partial charge in [0.25, 0.3) is 5.56 Å². The van der Waals surface area contributed by atoms with E-state index < -0.39 is 5.92 Å². The van der Waals surface area contributed by atoms with Gasteiger partial charge in [-0.05, 0) is 25.1 Å². The van der Waals surface area contributed by atoms with Crippen LogP contribution in [0.3, 0.4) is 0 Å². The maximum Gasteiger partial charge on any atom is 0.259 e. The standard InChI is InChI=1S/C23H21N3O5/c1-13-10-18-20(23(27)26(13)12-14-6-5-9-30-14)19(16(11-24)22(25)31-18)15-7-4-8-17(28-2)21(15)29-3/h4-10,19H,12,25H2,1-3H3. The van der Waals surface area contributed by atoms with Gasteiger partial charge in [-0.3, -0.25) is 4.79 Å². The van der Waals surface area contributed by atoms with Crippen molar-refractivity contribution < 1.29 is 18.6 Å². The predicted octanol–water partition coefficient (Wildman–Crippen LogP) is 3.03. The Bertz CT molecular complexity index is 1270. The fourth-order valence-corrected chi connectivity index (χ4v) is 3.89. The third-order valence-corrected chi connectivity index (χ3v) is 5.33. The average Bonchev–Trinajstić information content (AvgIpc) is 3.28. The summed E-state index contributed by atoms with van der Waals surface area (Å²) in [5.41, 5.74) is 7.46. The third kappa shape index (κ3) is 3.30. The molecule has 0 spiro atoms. The highest BCUT2D eigenvalue weighted by Crippen LogP contribution is 2.46. The molecule has 1 aliphatic rings. The van der Waals surface area contributed by atoms with E-state index in [9.17, 15) is 10.1 Å². The number of pyridine rings is 1. The molecule has 8 heteroatoms. The van der Waals surface area contributed by atoms with E-state index in [0.29, 0.717) is 39.8 Å². The van der Waals surface area contributed by atoms with Crippen LogP contribution in [0.4, 0.5) is 0 Å². The molecule has 2 aromatic heterocycles. The molecule has 0 amide bonds. The Morgan fingerprint density at radius 3 is 2.68 bits per heavy atom. The number of hydrogen-bond donors (Lipinski definition) is 1. The molecule has 1 aliphatic heterocycles. The van der Waals surface area contributed by atoms with Crippen LogP contribution in [-0.2, 0) is 6.54 Å². The van der Waals surface area contributed by atoms with Crippen molar-refractivity contribution >= 4 is 0 Å². The second-order valence-electron chi connectivity index (χ2n) is 7.04. The Balaban J connectivity index is 2.00. The van der Waals surface area contributed by atoms with E-state index in [0.717, 1.165) is 0 Å². The summed E-state index contributed by atoms with van der Waals surface area (Å²) in [5, 5.41) is 9.87. The van der Waals surface area contributed by atoms with Crippen molar-refractivity contribution in [1.82, 2.24) is 4.57 Å². The predicted molar refractivity (Wildman–Crippen MR) is 112 cm³/mol. The SMILES string of the molecule is COc1cccc(C2C(C#N)=C(N)Oc3cc(C)n(Cc4ccco4)c(=O)c32)c1OC. The molecule has 8 nitrogen and oxygen atoms in total. The van der Waals surface area contributed by atoms with E-state index in [2.05, 4.69) is 6.07 Å². The van der Waals surface area contributed by atoms with E-state index in [-0.39, 0.29) is 23.6 Å². The van der Waals surface area contributed by atoms with Gasteiger partial charge >= 0.3 is 0 Å². The molecule has 2 N–H and O–H groups in total. The molecule has 0 bridgehead atoms. The zero-order valence-electron chi connectivity index (χ0n) is 17.3. The maximum absolute atomic E-state index is 13.7. The summed E-state index contributed by atoms with van der Waals surface area (Å²) in [7, 11) is 3.03. The van der Waals surface area contributed by atoms with Crippen LogP contribution in [0.5, 0.6) is 17.2 Å². The van der Waals surface area contributed by atoms with Crippen LogP contribution in [0.25, 0.3) is 0 Å². The van der Waals surface area contributed by atoms with Gasteiger partial charge in [0.15, 0.2) is 11.5 Å². The molecule has 1 atom stereocenters. The monoisotopic (exact) mass is 419 g/mol. The maximum atomic E-state index is 13.7. The van der Waals surface area contributed by atoms with Crippen LogP contribution in [0.2, 0.25) is 0 Å². The zero-order valence-corrected chi connectivity index (χ0v) is 17.3. The smallest absolute Gasteiger partial charge is 0.259 e. The Morgan fingerprint density at radius 1 is 1.23 bits per heavy atom. The number of methoxy groups -OCH3 is 2. The lowest BCUT2D eigenvalue weighted by molar-refractivity contribution is 0.348. The van der Waals surface area contributed by atoms with Crippen LogP contribution >= 0.6 is 0 Å². The molecule has 158 valence electrons. The third-order valence-electron chi connectivity index (χ3n) is 5.33. The lowest BCUT2D eigenvalue weighted by Gasteiger charge is -2.28. The molecule has 4 rings (SSSR count). The van der Waals surface area contributed by atoms with Crippen molar-refractivity contribution in [2.75, 3.05) is 14.2 Å². The first-order valence-corrected chi connectivity index (χ1v) is 9.55.